The molecule has 2 heterocycles. The van der Waals surface area contributed by atoms with E-state index < -0.39 is 5.54 Å². The minimum Gasteiger partial charge on any atom is -0.297 e. The van der Waals surface area contributed by atoms with Crippen LogP contribution in [0.1, 0.15) is 18.4 Å². The average Bonchev–Trinajstić information content (AvgIpc) is 2.70. The zero-order valence-corrected chi connectivity index (χ0v) is 8.47. The molecule has 5 heteroatoms. The Morgan fingerprint density at radius 1 is 1.69 bits per heavy atom. The number of likely N-dealkylation sites (tertiary alicyclic amines) is 1. The molecule has 0 radical (unpaired) electrons. The second-order valence-electron chi connectivity index (χ2n) is 3.41. The second-order valence-corrected chi connectivity index (χ2v) is 4.19. The third-order valence-corrected chi connectivity index (χ3v) is 3.63. The van der Waals surface area contributed by atoms with Crippen molar-refractivity contribution in [3.63, 3.8) is 0 Å². The molecule has 1 aliphatic rings. The highest BCUT2D eigenvalue weighted by Gasteiger charge is 2.45. The first kappa shape index (κ1) is 8.77. The van der Waals surface area contributed by atoms with Crippen LogP contribution in [0.25, 0.3) is 0 Å². The summed E-state index contributed by atoms with van der Waals surface area (Å²) in [5, 5.41) is 0.803. The van der Waals surface area contributed by atoms with E-state index in [1.807, 2.05) is 18.9 Å². The minimum atomic E-state index is -0.527. The summed E-state index contributed by atoms with van der Waals surface area (Å²) in [6, 6.07) is 0. The number of ketones is 1. The van der Waals surface area contributed by atoms with Gasteiger partial charge in [-0.15, -0.1) is 0 Å². The smallest absolute Gasteiger partial charge is 0.161 e. The quantitative estimate of drug-likeness (QED) is 0.663. The van der Waals surface area contributed by atoms with Crippen molar-refractivity contribution in [3.8, 4) is 0 Å². The van der Waals surface area contributed by atoms with Crippen molar-refractivity contribution in [1.82, 2.24) is 14.3 Å². The summed E-state index contributed by atoms with van der Waals surface area (Å²) in [6.07, 6.45) is 2.12. The van der Waals surface area contributed by atoms with Gasteiger partial charge in [0.15, 0.2) is 5.78 Å². The van der Waals surface area contributed by atoms with E-state index in [1.54, 1.807) is 0 Å². The minimum absolute atomic E-state index is 0.242. The zero-order chi connectivity index (χ0) is 9.47. The van der Waals surface area contributed by atoms with Crippen molar-refractivity contribution in [2.24, 2.45) is 0 Å². The van der Waals surface area contributed by atoms with Gasteiger partial charge in [0, 0.05) is 13.0 Å². The number of hydrogen-bond acceptors (Lipinski definition) is 5. The summed E-state index contributed by atoms with van der Waals surface area (Å²) in [7, 11) is 1.95. The molecular weight excluding hydrogens is 186 g/mol. The SMILES string of the molecule is CN1CCC(=O)C1(C)c1ncns1. The van der Waals surface area contributed by atoms with Crippen molar-refractivity contribution in [2.45, 2.75) is 18.9 Å². The van der Waals surface area contributed by atoms with Gasteiger partial charge in [-0.2, -0.15) is 4.37 Å². The normalized spacial score (nSPS) is 29.8. The number of nitrogens with zero attached hydrogens (tertiary/aromatic N) is 3. The van der Waals surface area contributed by atoms with Crippen LogP contribution in [-0.4, -0.2) is 33.6 Å². The molecule has 1 fully saturated rings. The third-order valence-electron chi connectivity index (χ3n) is 2.76. The molecule has 0 bridgehead atoms. The second kappa shape index (κ2) is 2.85. The summed E-state index contributed by atoms with van der Waals surface area (Å²) >= 11 is 1.30. The first-order chi connectivity index (χ1) is 6.15. The number of carbonyl (C=O) groups excluding carboxylic acids is 1. The first-order valence-electron chi connectivity index (χ1n) is 4.17. The van der Waals surface area contributed by atoms with Crippen LogP contribution >= 0.6 is 11.5 Å². The van der Waals surface area contributed by atoms with E-state index in [0.29, 0.717) is 6.42 Å². The van der Waals surface area contributed by atoms with E-state index in [2.05, 4.69) is 9.36 Å². The summed E-state index contributed by atoms with van der Waals surface area (Å²) in [5.41, 5.74) is -0.527. The molecule has 1 aromatic heterocycles. The highest BCUT2D eigenvalue weighted by molar-refractivity contribution is 7.05. The van der Waals surface area contributed by atoms with Crippen LogP contribution in [0.4, 0.5) is 0 Å². The van der Waals surface area contributed by atoms with Crippen molar-refractivity contribution >= 4 is 17.3 Å². The van der Waals surface area contributed by atoms with E-state index in [1.165, 1.54) is 17.9 Å². The van der Waals surface area contributed by atoms with E-state index in [0.717, 1.165) is 11.6 Å². The molecule has 1 aliphatic heterocycles. The summed E-state index contributed by atoms with van der Waals surface area (Å²) in [6.45, 7) is 2.73. The number of carbonyl (C=O) groups is 1. The lowest BCUT2D eigenvalue weighted by Gasteiger charge is -2.27. The number of Topliss-reactive ketones (excluding diaryl/α,β-unsaturated/α-hetero) is 1. The van der Waals surface area contributed by atoms with E-state index in [9.17, 15) is 4.79 Å². The Balaban J connectivity index is 2.44. The highest BCUT2D eigenvalue weighted by Crippen LogP contribution is 2.34. The fourth-order valence-corrected chi connectivity index (χ4v) is 2.36. The number of rotatable bonds is 1. The molecule has 0 aromatic carbocycles. The largest absolute Gasteiger partial charge is 0.297 e. The van der Waals surface area contributed by atoms with Gasteiger partial charge in [-0.3, -0.25) is 9.69 Å². The van der Waals surface area contributed by atoms with Crippen molar-refractivity contribution < 1.29 is 4.79 Å². The monoisotopic (exact) mass is 197 g/mol. The Bertz CT molecular complexity index is 324. The van der Waals surface area contributed by atoms with Crippen LogP contribution < -0.4 is 0 Å². The van der Waals surface area contributed by atoms with Gasteiger partial charge in [0.2, 0.25) is 0 Å². The van der Waals surface area contributed by atoms with Crippen molar-refractivity contribution in [2.75, 3.05) is 13.6 Å². The maximum Gasteiger partial charge on any atom is 0.161 e. The lowest BCUT2D eigenvalue weighted by Crippen LogP contribution is -2.40. The Hall–Kier alpha value is -0.810. The molecule has 0 saturated carbocycles. The average molecular weight is 197 g/mol. The number of likely N-dealkylation sites (N-methyl/N-ethyl adjacent to an activating group) is 1. The maximum atomic E-state index is 11.7. The van der Waals surface area contributed by atoms with Gasteiger partial charge in [-0.05, 0) is 25.5 Å². The molecule has 0 amide bonds. The van der Waals surface area contributed by atoms with Gasteiger partial charge in [0.25, 0.3) is 0 Å². The Morgan fingerprint density at radius 3 is 2.92 bits per heavy atom. The highest BCUT2D eigenvalue weighted by atomic mass is 32.1. The zero-order valence-electron chi connectivity index (χ0n) is 7.65. The molecule has 4 nitrogen and oxygen atoms in total. The topological polar surface area (TPSA) is 46.1 Å². The fraction of sp³-hybridized carbons (Fsp3) is 0.625. The van der Waals surface area contributed by atoms with Crippen LogP contribution in [-0.2, 0) is 10.3 Å². The van der Waals surface area contributed by atoms with Gasteiger partial charge in [-0.25, -0.2) is 4.98 Å². The molecule has 0 N–H and O–H groups in total. The van der Waals surface area contributed by atoms with Crippen LogP contribution in [0.15, 0.2) is 6.33 Å². The van der Waals surface area contributed by atoms with Crippen LogP contribution in [0, 0.1) is 0 Å². The Labute approximate surface area is 80.8 Å². The van der Waals surface area contributed by atoms with Gasteiger partial charge >= 0.3 is 0 Å². The third kappa shape index (κ3) is 1.11. The standard InChI is InChI=1S/C8H11N3OS/c1-8(7-9-5-10-13-7)6(12)3-4-11(8)2/h5H,3-4H2,1-2H3. The molecule has 1 unspecified atom stereocenters. The van der Waals surface area contributed by atoms with Gasteiger partial charge in [0.05, 0.1) is 0 Å². The van der Waals surface area contributed by atoms with E-state index in [-0.39, 0.29) is 5.78 Å². The number of hydrogen-bond donors (Lipinski definition) is 0. The molecular formula is C8H11N3OS. The lowest BCUT2D eigenvalue weighted by molar-refractivity contribution is -0.124. The molecule has 13 heavy (non-hydrogen) atoms. The fourth-order valence-electron chi connectivity index (χ4n) is 1.62. The Kier molecular flexibility index (Phi) is 1.92. The summed E-state index contributed by atoms with van der Waals surface area (Å²) in [4.78, 5) is 17.9. The molecule has 2 rings (SSSR count). The predicted molar refractivity (Wildman–Crippen MR) is 49.5 cm³/mol. The molecule has 1 atom stereocenters. The molecule has 0 spiro atoms. The summed E-state index contributed by atoms with van der Waals surface area (Å²) < 4.78 is 3.93. The number of aromatic nitrogens is 2. The van der Waals surface area contributed by atoms with Gasteiger partial charge < -0.3 is 0 Å². The van der Waals surface area contributed by atoms with Crippen LogP contribution in [0.2, 0.25) is 0 Å². The van der Waals surface area contributed by atoms with Crippen LogP contribution in [0.3, 0.4) is 0 Å². The molecule has 1 aromatic rings. The first-order valence-corrected chi connectivity index (χ1v) is 4.94. The molecule has 70 valence electrons. The maximum absolute atomic E-state index is 11.7. The molecule has 1 saturated heterocycles. The predicted octanol–water partition coefficient (Wildman–Crippen LogP) is 0.658. The summed E-state index contributed by atoms with van der Waals surface area (Å²) in [5.74, 6) is 0.242. The van der Waals surface area contributed by atoms with Crippen molar-refractivity contribution in [1.29, 1.82) is 0 Å². The van der Waals surface area contributed by atoms with E-state index in [4.69, 9.17) is 0 Å². The molecule has 0 aliphatic carbocycles. The van der Waals surface area contributed by atoms with E-state index >= 15 is 0 Å². The van der Waals surface area contributed by atoms with Crippen molar-refractivity contribution in [3.05, 3.63) is 11.3 Å². The van der Waals surface area contributed by atoms with Gasteiger partial charge in [0.1, 0.15) is 16.9 Å². The Morgan fingerprint density at radius 2 is 2.46 bits per heavy atom. The van der Waals surface area contributed by atoms with Crippen LogP contribution in [0.5, 0.6) is 0 Å². The van der Waals surface area contributed by atoms with Gasteiger partial charge in [-0.1, -0.05) is 0 Å². The lowest BCUT2D eigenvalue weighted by atomic mass is 9.99.